The van der Waals surface area contributed by atoms with Crippen molar-refractivity contribution < 1.29 is 0 Å². The molecule has 1 heterocycles. The number of hydrogen-bond acceptors (Lipinski definition) is 2. The highest BCUT2D eigenvalue weighted by molar-refractivity contribution is 6.31. The van der Waals surface area contributed by atoms with E-state index in [1.807, 2.05) is 18.7 Å². The summed E-state index contributed by atoms with van der Waals surface area (Å²) in [5.74, 6) is 0.866. The number of hydrogen-bond donors (Lipinski definition) is 1. The smallest absolute Gasteiger partial charge is 0.0847 e. The van der Waals surface area contributed by atoms with Crippen LogP contribution in [0.25, 0.3) is 0 Å². The Kier molecular flexibility index (Phi) is 4.02. The summed E-state index contributed by atoms with van der Waals surface area (Å²) in [5, 5.41) is 5.16. The van der Waals surface area contributed by atoms with E-state index in [-0.39, 0.29) is 5.54 Å². The molecule has 4 heteroatoms. The van der Waals surface area contributed by atoms with E-state index in [1.54, 1.807) is 0 Å². The van der Waals surface area contributed by atoms with Crippen LogP contribution >= 0.6 is 11.6 Å². The van der Waals surface area contributed by atoms with Crippen molar-refractivity contribution in [1.29, 1.82) is 0 Å². The summed E-state index contributed by atoms with van der Waals surface area (Å²) in [6.07, 6.45) is 6.84. The van der Waals surface area contributed by atoms with Crippen LogP contribution in [-0.2, 0) is 13.5 Å². The van der Waals surface area contributed by atoms with Gasteiger partial charge in [-0.2, -0.15) is 5.10 Å². The molecular formula is C14H24ClN3. The molecule has 1 aromatic heterocycles. The van der Waals surface area contributed by atoms with Crippen LogP contribution in [0.3, 0.4) is 0 Å². The minimum atomic E-state index is -0.0878. The van der Waals surface area contributed by atoms with Crippen molar-refractivity contribution in [3.05, 3.63) is 16.4 Å². The van der Waals surface area contributed by atoms with Gasteiger partial charge in [0.05, 0.1) is 16.4 Å². The Labute approximate surface area is 115 Å². The first-order chi connectivity index (χ1) is 8.45. The van der Waals surface area contributed by atoms with Crippen molar-refractivity contribution >= 4 is 11.6 Å². The fourth-order valence-corrected chi connectivity index (χ4v) is 3.27. The molecule has 0 radical (unpaired) electrons. The van der Waals surface area contributed by atoms with E-state index in [2.05, 4.69) is 12.0 Å². The summed E-state index contributed by atoms with van der Waals surface area (Å²) in [5.41, 5.74) is 8.46. The predicted octanol–water partition coefficient (Wildman–Crippen LogP) is 3.22. The second-order valence-electron chi connectivity index (χ2n) is 5.86. The second kappa shape index (κ2) is 5.22. The van der Waals surface area contributed by atoms with Gasteiger partial charge in [0, 0.05) is 19.0 Å². The molecule has 0 atom stereocenters. The van der Waals surface area contributed by atoms with E-state index in [0.29, 0.717) is 0 Å². The van der Waals surface area contributed by atoms with E-state index in [4.69, 9.17) is 17.3 Å². The zero-order chi connectivity index (χ0) is 13.3. The van der Waals surface area contributed by atoms with Crippen LogP contribution in [0, 0.1) is 12.8 Å². The van der Waals surface area contributed by atoms with Gasteiger partial charge in [-0.05, 0) is 38.5 Å². The summed E-state index contributed by atoms with van der Waals surface area (Å²) in [7, 11) is 1.95. The normalized spacial score (nSPS) is 28.6. The predicted molar refractivity (Wildman–Crippen MR) is 75.8 cm³/mol. The molecule has 0 bridgehead atoms. The van der Waals surface area contributed by atoms with Crippen molar-refractivity contribution in [1.82, 2.24) is 9.78 Å². The van der Waals surface area contributed by atoms with Gasteiger partial charge in [-0.25, -0.2) is 0 Å². The number of aromatic nitrogens is 2. The largest absolute Gasteiger partial charge is 0.325 e. The van der Waals surface area contributed by atoms with Crippen molar-refractivity contribution in [2.45, 2.75) is 57.9 Å². The quantitative estimate of drug-likeness (QED) is 0.916. The molecule has 2 rings (SSSR count). The van der Waals surface area contributed by atoms with E-state index >= 15 is 0 Å². The molecule has 0 unspecified atom stereocenters. The average Bonchev–Trinajstić information content (AvgIpc) is 2.57. The Morgan fingerprint density at radius 2 is 2.06 bits per heavy atom. The van der Waals surface area contributed by atoms with E-state index in [9.17, 15) is 0 Å². The third kappa shape index (κ3) is 2.72. The standard InChI is InChI=1S/C14H24ClN3/c1-4-11-5-7-14(16,8-6-11)9-12-13(15)10(2)17-18(12)3/h11H,4-9,16H2,1-3H3. The molecular weight excluding hydrogens is 246 g/mol. The summed E-state index contributed by atoms with van der Waals surface area (Å²) >= 11 is 6.31. The van der Waals surface area contributed by atoms with E-state index in [0.717, 1.165) is 41.6 Å². The second-order valence-corrected chi connectivity index (χ2v) is 6.24. The fourth-order valence-electron chi connectivity index (χ4n) is 3.04. The Morgan fingerprint density at radius 3 is 2.50 bits per heavy atom. The minimum absolute atomic E-state index is 0.0878. The summed E-state index contributed by atoms with van der Waals surface area (Å²) in [4.78, 5) is 0. The highest BCUT2D eigenvalue weighted by Gasteiger charge is 2.33. The molecule has 0 saturated heterocycles. The molecule has 3 nitrogen and oxygen atoms in total. The summed E-state index contributed by atoms with van der Waals surface area (Å²) in [6.45, 7) is 4.22. The lowest BCUT2D eigenvalue weighted by Gasteiger charge is -2.37. The number of aryl methyl sites for hydroxylation is 2. The first-order valence-corrected chi connectivity index (χ1v) is 7.30. The van der Waals surface area contributed by atoms with Crippen molar-refractivity contribution in [3.8, 4) is 0 Å². The lowest BCUT2D eigenvalue weighted by Crippen LogP contribution is -2.45. The topological polar surface area (TPSA) is 43.8 Å². The molecule has 1 fully saturated rings. The van der Waals surface area contributed by atoms with Gasteiger partial charge in [0.25, 0.3) is 0 Å². The molecule has 102 valence electrons. The summed E-state index contributed by atoms with van der Waals surface area (Å²) < 4.78 is 1.89. The van der Waals surface area contributed by atoms with Gasteiger partial charge >= 0.3 is 0 Å². The molecule has 0 spiro atoms. The lowest BCUT2D eigenvalue weighted by molar-refractivity contribution is 0.226. The Hall–Kier alpha value is -0.540. The minimum Gasteiger partial charge on any atom is -0.325 e. The molecule has 1 saturated carbocycles. The molecule has 0 amide bonds. The number of nitrogens with zero attached hydrogens (tertiary/aromatic N) is 2. The van der Waals surface area contributed by atoms with Crippen LogP contribution in [0.5, 0.6) is 0 Å². The lowest BCUT2D eigenvalue weighted by atomic mass is 9.74. The maximum absolute atomic E-state index is 6.56. The number of nitrogens with two attached hydrogens (primary N) is 1. The van der Waals surface area contributed by atoms with Crippen molar-refractivity contribution in [3.63, 3.8) is 0 Å². The average molecular weight is 270 g/mol. The molecule has 18 heavy (non-hydrogen) atoms. The Bertz CT molecular complexity index is 417. The Morgan fingerprint density at radius 1 is 1.44 bits per heavy atom. The third-order valence-electron chi connectivity index (χ3n) is 4.46. The molecule has 1 aromatic rings. The number of halogens is 1. The van der Waals surface area contributed by atoms with Crippen LogP contribution < -0.4 is 5.73 Å². The highest BCUT2D eigenvalue weighted by Crippen LogP contribution is 2.35. The third-order valence-corrected chi connectivity index (χ3v) is 4.95. The van der Waals surface area contributed by atoms with Crippen LogP contribution in [0.2, 0.25) is 5.02 Å². The van der Waals surface area contributed by atoms with Crippen LogP contribution in [0.15, 0.2) is 0 Å². The van der Waals surface area contributed by atoms with Gasteiger partial charge in [0.15, 0.2) is 0 Å². The zero-order valence-electron chi connectivity index (χ0n) is 11.7. The van der Waals surface area contributed by atoms with Crippen molar-refractivity contribution in [2.24, 2.45) is 18.7 Å². The molecule has 1 aliphatic rings. The van der Waals surface area contributed by atoms with Crippen LogP contribution in [-0.4, -0.2) is 15.3 Å². The van der Waals surface area contributed by atoms with E-state index in [1.165, 1.54) is 19.3 Å². The maximum Gasteiger partial charge on any atom is 0.0847 e. The van der Waals surface area contributed by atoms with Gasteiger partial charge in [-0.3, -0.25) is 4.68 Å². The Balaban J connectivity index is 2.09. The molecule has 1 aliphatic carbocycles. The maximum atomic E-state index is 6.56. The van der Waals surface area contributed by atoms with Crippen LogP contribution in [0.4, 0.5) is 0 Å². The molecule has 2 N–H and O–H groups in total. The van der Waals surface area contributed by atoms with Gasteiger partial charge in [0.1, 0.15) is 0 Å². The van der Waals surface area contributed by atoms with Crippen LogP contribution in [0.1, 0.15) is 50.4 Å². The molecule has 0 aliphatic heterocycles. The van der Waals surface area contributed by atoms with Gasteiger partial charge in [-0.1, -0.05) is 24.9 Å². The summed E-state index contributed by atoms with van der Waals surface area (Å²) in [6, 6.07) is 0. The molecule has 0 aromatic carbocycles. The van der Waals surface area contributed by atoms with Crippen molar-refractivity contribution in [2.75, 3.05) is 0 Å². The van der Waals surface area contributed by atoms with Gasteiger partial charge in [0.2, 0.25) is 0 Å². The highest BCUT2D eigenvalue weighted by atomic mass is 35.5. The SMILES string of the molecule is CCC1CCC(N)(Cc2c(Cl)c(C)nn2C)CC1. The number of rotatable bonds is 3. The van der Waals surface area contributed by atoms with E-state index < -0.39 is 0 Å². The fraction of sp³-hybridized carbons (Fsp3) is 0.786. The zero-order valence-corrected chi connectivity index (χ0v) is 12.4. The van der Waals surface area contributed by atoms with Gasteiger partial charge < -0.3 is 5.73 Å². The first-order valence-electron chi connectivity index (χ1n) is 6.92. The monoisotopic (exact) mass is 269 g/mol. The van der Waals surface area contributed by atoms with Gasteiger partial charge in [-0.15, -0.1) is 0 Å². The first kappa shape index (κ1) is 13.9.